The van der Waals surface area contributed by atoms with Crippen LogP contribution in [-0.4, -0.2) is 10.4 Å². The van der Waals surface area contributed by atoms with E-state index in [9.17, 15) is 9.59 Å². The van der Waals surface area contributed by atoms with E-state index in [-0.39, 0.29) is 16.9 Å². The van der Waals surface area contributed by atoms with Crippen LogP contribution in [0.3, 0.4) is 0 Å². The first kappa shape index (κ1) is 13.3. The highest BCUT2D eigenvalue weighted by atomic mass is 16.1. The molecule has 1 heterocycles. The molecule has 1 aromatic carbocycles. The summed E-state index contributed by atoms with van der Waals surface area (Å²) in [5.41, 5.74) is 2.69. The Kier molecular flexibility index (Phi) is 3.19. The van der Waals surface area contributed by atoms with E-state index < -0.39 is 0 Å². The van der Waals surface area contributed by atoms with Crippen LogP contribution in [0.4, 0.5) is 0 Å². The van der Waals surface area contributed by atoms with Crippen molar-refractivity contribution in [1.82, 2.24) is 4.57 Å². The summed E-state index contributed by atoms with van der Waals surface area (Å²) in [6.07, 6.45) is 1.89. The van der Waals surface area contributed by atoms with Crippen LogP contribution in [0.25, 0.3) is 5.69 Å². The predicted octanol–water partition coefficient (Wildman–Crippen LogP) is 2.54. The van der Waals surface area contributed by atoms with Crippen LogP contribution in [-0.2, 0) is 6.42 Å². The molecular weight excluding hydrogens is 264 g/mol. The number of hydrogen-bond donors (Lipinski definition) is 0. The molecule has 0 spiro atoms. The number of benzene rings is 1. The molecule has 0 radical (unpaired) electrons. The SMILES string of the molecule is Cc1ccc(-n2c3c(cc(C#N)c2=O)C(=O)CCC3)cc1. The summed E-state index contributed by atoms with van der Waals surface area (Å²) in [6.45, 7) is 1.97. The van der Waals surface area contributed by atoms with Crippen molar-refractivity contribution in [2.45, 2.75) is 26.2 Å². The Hall–Kier alpha value is -2.67. The average molecular weight is 278 g/mol. The Morgan fingerprint density at radius 3 is 2.52 bits per heavy atom. The quantitative estimate of drug-likeness (QED) is 0.805. The van der Waals surface area contributed by atoms with E-state index in [1.165, 1.54) is 10.6 Å². The second kappa shape index (κ2) is 5.02. The molecule has 0 saturated heterocycles. The van der Waals surface area contributed by atoms with Gasteiger partial charge in [-0.15, -0.1) is 0 Å². The van der Waals surface area contributed by atoms with Gasteiger partial charge in [0.15, 0.2) is 5.78 Å². The lowest BCUT2D eigenvalue weighted by atomic mass is 9.93. The first-order valence-corrected chi connectivity index (χ1v) is 6.91. The maximum Gasteiger partial charge on any atom is 0.273 e. The second-order valence-corrected chi connectivity index (χ2v) is 5.28. The van der Waals surface area contributed by atoms with E-state index in [1.807, 2.05) is 37.3 Å². The molecular formula is C17H14N2O2. The molecule has 0 saturated carbocycles. The summed E-state index contributed by atoms with van der Waals surface area (Å²) < 4.78 is 1.52. The summed E-state index contributed by atoms with van der Waals surface area (Å²) in [5.74, 6) is 0.00797. The van der Waals surface area contributed by atoms with Gasteiger partial charge in [-0.25, -0.2) is 0 Å². The van der Waals surface area contributed by atoms with Crippen molar-refractivity contribution in [3.05, 3.63) is 63.1 Å². The van der Waals surface area contributed by atoms with Crippen molar-refractivity contribution >= 4 is 5.78 Å². The average Bonchev–Trinajstić information content (AvgIpc) is 2.48. The van der Waals surface area contributed by atoms with Gasteiger partial charge >= 0.3 is 0 Å². The normalized spacial score (nSPS) is 13.6. The number of hydrogen-bond acceptors (Lipinski definition) is 3. The minimum Gasteiger partial charge on any atom is -0.294 e. The molecule has 4 nitrogen and oxygen atoms in total. The van der Waals surface area contributed by atoms with Gasteiger partial charge in [-0.3, -0.25) is 14.2 Å². The van der Waals surface area contributed by atoms with Crippen LogP contribution in [0.15, 0.2) is 35.1 Å². The molecule has 1 aromatic heterocycles. The Bertz CT molecular complexity index is 824. The Morgan fingerprint density at radius 1 is 1.14 bits per heavy atom. The number of pyridine rings is 1. The van der Waals surface area contributed by atoms with Gasteiger partial charge in [0.2, 0.25) is 0 Å². The fourth-order valence-corrected chi connectivity index (χ4v) is 2.74. The highest BCUT2D eigenvalue weighted by Crippen LogP contribution is 2.23. The highest BCUT2D eigenvalue weighted by Gasteiger charge is 2.23. The van der Waals surface area contributed by atoms with E-state index >= 15 is 0 Å². The van der Waals surface area contributed by atoms with Crippen molar-refractivity contribution in [1.29, 1.82) is 5.26 Å². The minimum absolute atomic E-state index is 0.00797. The van der Waals surface area contributed by atoms with E-state index in [0.717, 1.165) is 17.7 Å². The zero-order chi connectivity index (χ0) is 15.0. The van der Waals surface area contributed by atoms with Gasteiger partial charge in [-0.2, -0.15) is 5.26 Å². The molecule has 0 unspecified atom stereocenters. The maximum atomic E-state index is 12.5. The maximum absolute atomic E-state index is 12.5. The molecule has 0 bridgehead atoms. The molecule has 0 amide bonds. The molecule has 0 N–H and O–H groups in total. The monoisotopic (exact) mass is 278 g/mol. The van der Waals surface area contributed by atoms with Gasteiger partial charge < -0.3 is 0 Å². The zero-order valence-corrected chi connectivity index (χ0v) is 11.7. The number of rotatable bonds is 1. The van der Waals surface area contributed by atoms with Crippen LogP contribution < -0.4 is 5.56 Å². The molecule has 104 valence electrons. The van der Waals surface area contributed by atoms with Crippen LogP contribution in [0.1, 0.15) is 40.0 Å². The lowest BCUT2D eigenvalue weighted by Gasteiger charge is -2.20. The molecule has 2 aromatic rings. The largest absolute Gasteiger partial charge is 0.294 e. The van der Waals surface area contributed by atoms with Crippen LogP contribution in [0.2, 0.25) is 0 Å². The van der Waals surface area contributed by atoms with Crippen molar-refractivity contribution in [2.24, 2.45) is 0 Å². The van der Waals surface area contributed by atoms with Crippen LogP contribution in [0.5, 0.6) is 0 Å². The first-order chi connectivity index (χ1) is 10.1. The molecule has 0 fully saturated rings. The number of carbonyl (C=O) groups excluding carboxylic acids is 1. The fourth-order valence-electron chi connectivity index (χ4n) is 2.74. The van der Waals surface area contributed by atoms with Crippen molar-refractivity contribution in [3.63, 3.8) is 0 Å². The number of aryl methyl sites for hydroxylation is 1. The number of fused-ring (bicyclic) bond motifs is 1. The van der Waals surface area contributed by atoms with Gasteiger partial charge in [0.25, 0.3) is 5.56 Å². The molecule has 1 aliphatic rings. The van der Waals surface area contributed by atoms with Gasteiger partial charge in [0.05, 0.1) is 0 Å². The number of aromatic nitrogens is 1. The van der Waals surface area contributed by atoms with Gasteiger partial charge in [-0.05, 0) is 38.0 Å². The summed E-state index contributed by atoms with van der Waals surface area (Å²) >= 11 is 0. The highest BCUT2D eigenvalue weighted by molar-refractivity contribution is 5.98. The number of nitrogens with zero attached hydrogens (tertiary/aromatic N) is 2. The Balaban J connectivity index is 2.35. The van der Waals surface area contributed by atoms with Gasteiger partial charge in [0.1, 0.15) is 11.6 Å². The van der Waals surface area contributed by atoms with Crippen LogP contribution in [0, 0.1) is 18.3 Å². The molecule has 0 aliphatic heterocycles. The number of carbonyl (C=O) groups is 1. The smallest absolute Gasteiger partial charge is 0.273 e. The summed E-state index contributed by atoms with van der Waals surface area (Å²) in [4.78, 5) is 24.6. The Morgan fingerprint density at radius 2 is 1.86 bits per heavy atom. The molecule has 4 heteroatoms. The van der Waals surface area contributed by atoms with E-state index in [4.69, 9.17) is 5.26 Å². The predicted molar refractivity (Wildman–Crippen MR) is 78.8 cm³/mol. The number of ketones is 1. The summed E-state index contributed by atoms with van der Waals surface area (Å²) in [5, 5.41) is 9.15. The minimum atomic E-state index is -0.352. The van der Waals surface area contributed by atoms with E-state index in [0.29, 0.717) is 24.1 Å². The van der Waals surface area contributed by atoms with E-state index in [2.05, 4.69) is 0 Å². The molecule has 0 atom stereocenters. The third-order valence-electron chi connectivity index (χ3n) is 3.83. The van der Waals surface area contributed by atoms with Gasteiger partial charge in [-0.1, -0.05) is 17.7 Å². The summed E-state index contributed by atoms with van der Waals surface area (Å²) in [7, 11) is 0. The number of nitriles is 1. The third kappa shape index (κ3) is 2.17. The van der Waals surface area contributed by atoms with E-state index in [1.54, 1.807) is 0 Å². The standard InChI is InChI=1S/C17H14N2O2/c1-11-5-7-13(8-6-11)19-15-3-2-4-16(20)14(15)9-12(10-18)17(19)21/h5-9H,2-4H2,1H3. The molecule has 21 heavy (non-hydrogen) atoms. The van der Waals surface area contributed by atoms with Crippen molar-refractivity contribution in [3.8, 4) is 11.8 Å². The molecule has 1 aliphatic carbocycles. The second-order valence-electron chi connectivity index (χ2n) is 5.28. The first-order valence-electron chi connectivity index (χ1n) is 6.91. The van der Waals surface area contributed by atoms with Crippen molar-refractivity contribution in [2.75, 3.05) is 0 Å². The lowest BCUT2D eigenvalue weighted by molar-refractivity contribution is 0.0971. The molecule has 3 rings (SSSR count). The summed E-state index contributed by atoms with van der Waals surface area (Å²) in [6, 6.07) is 10.9. The van der Waals surface area contributed by atoms with Gasteiger partial charge in [0, 0.05) is 23.4 Å². The van der Waals surface area contributed by atoms with Crippen molar-refractivity contribution < 1.29 is 4.79 Å². The fraction of sp³-hybridized carbons (Fsp3) is 0.235. The number of Topliss-reactive ketones (excluding diaryl/α,β-unsaturated/α-hetero) is 1. The lowest BCUT2D eigenvalue weighted by Crippen LogP contribution is -2.29. The van der Waals surface area contributed by atoms with Crippen LogP contribution >= 0.6 is 0 Å². The zero-order valence-electron chi connectivity index (χ0n) is 11.7. The third-order valence-corrected chi connectivity index (χ3v) is 3.83. The Labute approximate surface area is 122 Å². The topological polar surface area (TPSA) is 62.9 Å².